The van der Waals surface area contributed by atoms with E-state index in [4.69, 9.17) is 18.9 Å². The Hall–Kier alpha value is -3.64. The normalized spacial score (nSPS) is 41.5. The number of phenols is 2. The van der Waals surface area contributed by atoms with Gasteiger partial charge in [0, 0.05) is 72.1 Å². The number of methoxy groups -OCH3 is 2. The topological polar surface area (TPSA) is 133 Å². The summed E-state index contributed by atoms with van der Waals surface area (Å²) in [6.07, 6.45) is 11.7. The van der Waals surface area contributed by atoms with Crippen molar-refractivity contribution in [2.24, 2.45) is 33.5 Å². The zero-order chi connectivity index (χ0) is 47.3. The van der Waals surface area contributed by atoms with Crippen molar-refractivity contribution in [1.29, 1.82) is 0 Å². The van der Waals surface area contributed by atoms with E-state index in [1.54, 1.807) is 26.4 Å². The second kappa shape index (κ2) is 13.6. The summed E-state index contributed by atoms with van der Waals surface area (Å²) in [6, 6.07) is 19.2. The van der Waals surface area contributed by atoms with Crippen molar-refractivity contribution in [3.05, 3.63) is 94.6 Å². The first-order valence-corrected chi connectivity index (χ1v) is 25.4. The van der Waals surface area contributed by atoms with Gasteiger partial charge in [-0.15, -0.1) is 0 Å². The number of phenolic OH excluding ortho intramolecular Hbond substituents is 2. The van der Waals surface area contributed by atoms with Gasteiger partial charge in [0.2, 0.25) is 0 Å². The molecule has 0 radical (unpaired) electrons. The Morgan fingerprint density at radius 3 is 1.96 bits per heavy atom. The van der Waals surface area contributed by atoms with Crippen molar-refractivity contribution in [3.8, 4) is 23.0 Å². The second-order valence-electron chi connectivity index (χ2n) is 25.3. The first kappa shape index (κ1) is 44.6. The number of nitrogens with zero attached hydrogens (tertiary/aromatic N) is 1. The molecular weight excluding hydrogens is 841 g/mol. The molecule has 67 heavy (non-hydrogen) atoms. The molecule has 4 heterocycles. The minimum atomic E-state index is -0.999. The molecule has 2 saturated heterocycles. The van der Waals surface area contributed by atoms with Crippen molar-refractivity contribution < 1.29 is 39.4 Å². The number of aliphatic hydroxyl groups is 2. The maximum absolute atomic E-state index is 12.2. The van der Waals surface area contributed by atoms with Crippen molar-refractivity contribution in [2.45, 2.75) is 171 Å². The van der Waals surface area contributed by atoms with Gasteiger partial charge < -0.3 is 44.7 Å². The zero-order valence-electron chi connectivity index (χ0n) is 41.5. The molecular formula is C57H74N2O8. The van der Waals surface area contributed by atoms with E-state index in [1.165, 1.54) is 27.8 Å². The van der Waals surface area contributed by atoms with Gasteiger partial charge in [-0.2, -0.15) is 0 Å². The Kier molecular flexibility index (Phi) is 9.05. The lowest BCUT2D eigenvalue weighted by Gasteiger charge is -2.74. The van der Waals surface area contributed by atoms with E-state index in [0.29, 0.717) is 17.5 Å². The van der Waals surface area contributed by atoms with Gasteiger partial charge in [0.15, 0.2) is 23.0 Å². The van der Waals surface area contributed by atoms with Crippen LogP contribution >= 0.6 is 0 Å². The van der Waals surface area contributed by atoms with Crippen LogP contribution in [-0.2, 0) is 39.7 Å². The molecule has 0 aromatic heterocycles. The summed E-state index contributed by atoms with van der Waals surface area (Å²) >= 11 is 0. The third kappa shape index (κ3) is 4.99. The minimum Gasteiger partial charge on any atom is -0.504 e. The first-order chi connectivity index (χ1) is 31.6. The van der Waals surface area contributed by atoms with Crippen LogP contribution in [0.25, 0.3) is 0 Å². The highest BCUT2D eigenvalue weighted by Gasteiger charge is 2.83. The van der Waals surface area contributed by atoms with Crippen molar-refractivity contribution in [1.82, 2.24) is 10.2 Å². The van der Waals surface area contributed by atoms with Gasteiger partial charge in [-0.3, -0.25) is 4.90 Å². The van der Waals surface area contributed by atoms with Gasteiger partial charge in [0.1, 0.15) is 23.4 Å². The number of piperidine rings is 2. The lowest BCUT2D eigenvalue weighted by Crippen LogP contribution is -2.83. The molecule has 6 fully saturated rings. The Morgan fingerprint density at radius 2 is 1.31 bits per heavy atom. The quantitative estimate of drug-likeness (QED) is 0.154. The van der Waals surface area contributed by atoms with Crippen LogP contribution in [0.15, 0.2) is 66.7 Å². The van der Waals surface area contributed by atoms with Crippen LogP contribution in [0.4, 0.5) is 0 Å². The number of hydrogen-bond donors (Lipinski definition) is 5. The Labute approximate surface area is 397 Å². The van der Waals surface area contributed by atoms with Gasteiger partial charge in [-0.1, -0.05) is 96.2 Å². The number of aromatic hydroxyl groups is 2. The van der Waals surface area contributed by atoms with Crippen LogP contribution in [0.1, 0.15) is 122 Å². The molecule has 15 rings (SSSR count). The molecule has 5 N–H and O–H groups in total. The van der Waals surface area contributed by atoms with E-state index < -0.39 is 22.4 Å². The summed E-state index contributed by atoms with van der Waals surface area (Å²) in [5.74, 6) is 1.58. The SMILES string of the molecule is CO[C@]12C=C[C@@]3(C[C@@H]1[C@](C)(O)C(C)(C)C)[C@H]1Cc4ccc(O)c5c4[C@@]3(CCN1Cc1ccccc1)[C@H]2O5.CO[C@]12CC[C@@]3(C[C@@H]1[C@](C)(O)C(C)(C)C)[C@H]1Cc4ccc(O)c5c4[C@@]3(CCN1)[C@H]2O5. The maximum atomic E-state index is 12.2. The van der Waals surface area contributed by atoms with Gasteiger partial charge in [-0.05, 0) is 118 Å². The largest absolute Gasteiger partial charge is 0.504 e. The van der Waals surface area contributed by atoms with Crippen molar-refractivity contribution >= 4 is 0 Å². The maximum Gasteiger partial charge on any atom is 0.165 e. The third-order valence-corrected chi connectivity index (χ3v) is 21.7. The Balaban J connectivity index is 0.000000143. The average Bonchev–Trinajstić information content (AvgIpc) is 3.85. The van der Waals surface area contributed by atoms with Gasteiger partial charge >= 0.3 is 0 Å². The van der Waals surface area contributed by atoms with Crippen LogP contribution in [0.2, 0.25) is 0 Å². The van der Waals surface area contributed by atoms with Crippen molar-refractivity contribution in [3.63, 3.8) is 0 Å². The fraction of sp³-hybridized carbons (Fsp3) is 0.649. The highest BCUT2D eigenvalue weighted by Crippen LogP contribution is 2.78. The summed E-state index contributed by atoms with van der Waals surface area (Å²) in [7, 11) is 3.57. The fourth-order valence-corrected chi connectivity index (χ4v) is 17.6. The zero-order valence-corrected chi connectivity index (χ0v) is 41.5. The molecule has 10 heteroatoms. The predicted octanol–water partition coefficient (Wildman–Crippen LogP) is 8.27. The molecule has 14 atom stereocenters. The molecule has 0 amide bonds. The van der Waals surface area contributed by atoms with Gasteiger partial charge in [0.25, 0.3) is 0 Å². The van der Waals surface area contributed by atoms with Crippen LogP contribution in [0.3, 0.4) is 0 Å². The third-order valence-electron chi connectivity index (χ3n) is 21.7. The second-order valence-corrected chi connectivity index (χ2v) is 25.3. The lowest BCUT2D eigenvalue weighted by atomic mass is 9.33. The van der Waals surface area contributed by atoms with Crippen LogP contribution < -0.4 is 14.8 Å². The van der Waals surface area contributed by atoms with E-state index in [1.807, 2.05) is 13.8 Å². The molecule has 3 aromatic carbocycles. The Morgan fingerprint density at radius 1 is 0.687 bits per heavy atom. The highest BCUT2D eigenvalue weighted by atomic mass is 16.6. The van der Waals surface area contributed by atoms with E-state index in [2.05, 4.69) is 106 Å². The number of ether oxygens (including phenoxy) is 4. The molecule has 8 aliphatic carbocycles. The van der Waals surface area contributed by atoms with Gasteiger partial charge in [0.05, 0.1) is 16.6 Å². The molecule has 8 bridgehead atoms. The van der Waals surface area contributed by atoms with E-state index >= 15 is 0 Å². The lowest BCUT2D eigenvalue weighted by molar-refractivity contribution is -0.303. The summed E-state index contributed by atoms with van der Waals surface area (Å²) in [4.78, 5) is 2.67. The average molecular weight is 915 g/mol. The first-order valence-electron chi connectivity index (χ1n) is 25.4. The summed E-state index contributed by atoms with van der Waals surface area (Å²) < 4.78 is 26.6. The minimum absolute atomic E-state index is 0.0160. The molecule has 12 aliphatic rings. The summed E-state index contributed by atoms with van der Waals surface area (Å²) in [5.41, 5.74) is 1.81. The number of rotatable bonds is 6. The molecule has 0 unspecified atom stereocenters. The molecule has 3 aromatic rings. The van der Waals surface area contributed by atoms with Gasteiger partial charge in [-0.25, -0.2) is 0 Å². The molecule has 4 saturated carbocycles. The summed E-state index contributed by atoms with van der Waals surface area (Å²) in [6.45, 7) is 19.5. The van der Waals surface area contributed by atoms with Crippen LogP contribution in [-0.4, -0.2) is 99.3 Å². The number of likely N-dealkylation sites (tertiary alicyclic amines) is 1. The van der Waals surface area contributed by atoms with Crippen LogP contribution in [0, 0.1) is 33.5 Å². The van der Waals surface area contributed by atoms with E-state index in [-0.39, 0.29) is 74.1 Å². The summed E-state index contributed by atoms with van der Waals surface area (Å²) in [5, 5.41) is 49.9. The molecule has 10 nitrogen and oxygen atoms in total. The predicted molar refractivity (Wildman–Crippen MR) is 257 cm³/mol. The van der Waals surface area contributed by atoms with Crippen molar-refractivity contribution in [2.75, 3.05) is 27.3 Å². The molecule has 360 valence electrons. The number of hydrogen-bond acceptors (Lipinski definition) is 10. The Bertz CT molecular complexity index is 2580. The van der Waals surface area contributed by atoms with E-state index in [0.717, 1.165) is 71.0 Å². The smallest absolute Gasteiger partial charge is 0.165 e. The fourth-order valence-electron chi connectivity index (χ4n) is 17.6. The monoisotopic (exact) mass is 915 g/mol. The standard InChI is InChI=1S/C32H39NO4.C25H35NO4/c1-28(2,3)29(4,35)23-18-30-13-14-32(23,36-5)27-31(30)15-16-33(19-20-9-7-6-8-10-20)24(30)17-21-11-12-22(34)26(37-27)25(21)31;1-21(2,3)22(4,28)16-13-23-8-9-25(16,29-5)20-24(23)10-11-26-17(23)12-14-6-7-15(27)19(30-20)18(14)24/h6-14,23-24,27,34-35H,15-19H2,1-5H3;6-7,16-17,20,26-28H,8-13H2,1-5H3/t23-,24-,27-,29+,30-,31+,32-;16-,17-,20-,22+,23-,24+,25-/m11/s1. The number of benzene rings is 3. The number of nitrogens with one attached hydrogen (secondary N) is 1. The van der Waals surface area contributed by atoms with E-state index in [9.17, 15) is 20.4 Å². The highest BCUT2D eigenvalue weighted by molar-refractivity contribution is 5.66. The molecule has 4 aliphatic heterocycles. The van der Waals surface area contributed by atoms with Crippen LogP contribution in [0.5, 0.6) is 23.0 Å². The number of fused-ring (bicyclic) bond motifs is 3. The molecule has 4 spiro atoms.